The second-order valence-electron chi connectivity index (χ2n) is 4.28. The number of carbonyl (C=O) groups is 2. The van der Waals surface area contributed by atoms with Crippen molar-refractivity contribution in [2.45, 2.75) is 58.6 Å². The van der Waals surface area contributed by atoms with Crippen molar-refractivity contribution in [1.29, 1.82) is 0 Å². The van der Waals surface area contributed by atoms with Crippen LogP contribution in [0.5, 0.6) is 0 Å². The summed E-state index contributed by atoms with van der Waals surface area (Å²) in [4.78, 5) is 22.4. The van der Waals surface area contributed by atoms with Crippen molar-refractivity contribution in [2.75, 3.05) is 0 Å². The summed E-state index contributed by atoms with van der Waals surface area (Å²) in [6.07, 6.45) is 2.54. The van der Waals surface area contributed by atoms with E-state index in [1.807, 2.05) is 13.8 Å². The summed E-state index contributed by atoms with van der Waals surface area (Å²) in [6.45, 7) is 5.51. The second kappa shape index (κ2) is 8.06. The highest BCUT2D eigenvalue weighted by Crippen LogP contribution is 2.16. The van der Waals surface area contributed by atoms with Crippen LogP contribution in [0.1, 0.15) is 46.5 Å². The predicted molar refractivity (Wildman–Crippen MR) is 64.5 cm³/mol. The molecule has 0 fully saturated rings. The Bertz CT molecular complexity index is 249. The number of hydrogen-bond donors (Lipinski definition) is 2. The molecule has 0 amide bonds. The molecule has 0 aromatic rings. The summed E-state index contributed by atoms with van der Waals surface area (Å²) in [6, 6.07) is -1.16. The second-order valence-corrected chi connectivity index (χ2v) is 4.28. The van der Waals surface area contributed by atoms with Gasteiger partial charge in [0.15, 0.2) is 0 Å². The van der Waals surface area contributed by atoms with Crippen LogP contribution in [0.3, 0.4) is 0 Å². The largest absolute Gasteiger partial charge is 0.480 e. The van der Waals surface area contributed by atoms with Gasteiger partial charge in [0, 0.05) is 0 Å². The first-order chi connectivity index (χ1) is 7.93. The van der Waals surface area contributed by atoms with Crippen LogP contribution >= 0.6 is 0 Å². The van der Waals surface area contributed by atoms with Gasteiger partial charge in [-0.2, -0.15) is 0 Å². The van der Waals surface area contributed by atoms with E-state index in [-0.39, 0.29) is 11.9 Å². The van der Waals surface area contributed by atoms with Gasteiger partial charge >= 0.3 is 11.9 Å². The van der Waals surface area contributed by atoms with Gasteiger partial charge in [0.25, 0.3) is 0 Å². The van der Waals surface area contributed by atoms with Gasteiger partial charge in [-0.25, -0.2) is 0 Å². The molecule has 0 aliphatic heterocycles. The van der Waals surface area contributed by atoms with E-state index < -0.39 is 18.1 Å². The molecule has 2 unspecified atom stereocenters. The number of hydrogen-bond acceptors (Lipinski definition) is 4. The van der Waals surface area contributed by atoms with E-state index in [1.54, 1.807) is 0 Å². The highest BCUT2D eigenvalue weighted by Gasteiger charge is 2.26. The summed E-state index contributed by atoms with van der Waals surface area (Å²) in [7, 11) is 0. The van der Waals surface area contributed by atoms with Crippen molar-refractivity contribution in [2.24, 2.45) is 11.7 Å². The van der Waals surface area contributed by atoms with Crippen LogP contribution in [0.25, 0.3) is 0 Å². The fraction of sp³-hybridized carbons (Fsp3) is 0.833. The van der Waals surface area contributed by atoms with E-state index in [0.717, 1.165) is 25.7 Å². The number of esters is 1. The number of carbonyl (C=O) groups excluding carboxylic acids is 1. The summed E-state index contributed by atoms with van der Waals surface area (Å²) >= 11 is 0. The lowest BCUT2D eigenvalue weighted by molar-refractivity contribution is -0.158. The fourth-order valence-corrected chi connectivity index (χ4v) is 1.63. The number of aliphatic carboxylic acids is 1. The Morgan fingerprint density at radius 1 is 1.24 bits per heavy atom. The summed E-state index contributed by atoms with van der Waals surface area (Å²) in [5, 5.41) is 8.69. The summed E-state index contributed by atoms with van der Waals surface area (Å²) < 4.78 is 5.10. The van der Waals surface area contributed by atoms with Gasteiger partial charge in [0.05, 0.1) is 5.92 Å². The lowest BCUT2D eigenvalue weighted by Crippen LogP contribution is -2.43. The molecular weight excluding hydrogens is 222 g/mol. The molecule has 0 rings (SSSR count). The molecule has 3 N–H and O–H groups in total. The molecule has 5 heteroatoms. The number of ether oxygens (including phenoxy) is 1. The van der Waals surface area contributed by atoms with Crippen molar-refractivity contribution in [3.63, 3.8) is 0 Å². The third-order valence-corrected chi connectivity index (χ3v) is 2.70. The molecule has 0 heterocycles. The molecule has 100 valence electrons. The molecule has 0 aromatic heterocycles. The van der Waals surface area contributed by atoms with Crippen LogP contribution in [-0.4, -0.2) is 29.2 Å². The average molecular weight is 245 g/mol. The minimum Gasteiger partial charge on any atom is -0.480 e. The van der Waals surface area contributed by atoms with Gasteiger partial charge in [0.2, 0.25) is 0 Å². The smallest absolute Gasteiger partial charge is 0.324 e. The lowest BCUT2D eigenvalue weighted by atomic mass is 9.98. The van der Waals surface area contributed by atoms with Crippen molar-refractivity contribution in [1.82, 2.24) is 0 Å². The molecule has 0 bridgehead atoms. The highest BCUT2D eigenvalue weighted by molar-refractivity contribution is 5.76. The normalized spacial score (nSPS) is 14.4. The summed E-state index contributed by atoms with van der Waals surface area (Å²) in [5.41, 5.74) is 5.38. The molecule has 17 heavy (non-hydrogen) atoms. The average Bonchev–Trinajstić information content (AvgIpc) is 2.27. The van der Waals surface area contributed by atoms with Gasteiger partial charge in [0.1, 0.15) is 12.1 Å². The zero-order valence-electron chi connectivity index (χ0n) is 10.8. The molecule has 0 radical (unpaired) electrons. The maximum absolute atomic E-state index is 11.8. The molecule has 0 aliphatic carbocycles. The topological polar surface area (TPSA) is 89.6 Å². The number of nitrogens with two attached hydrogens (primary N) is 1. The third-order valence-electron chi connectivity index (χ3n) is 2.70. The number of carboxylic acid groups (broad SMARTS) is 1. The standard InChI is InChI=1S/C12H23NO4/c1-4-6-9(7-5-2)12(16)17-8(3)10(13)11(14)15/h8-10H,4-7,13H2,1-3H3,(H,14,15). The monoisotopic (exact) mass is 245 g/mol. The fourth-order valence-electron chi connectivity index (χ4n) is 1.63. The Hall–Kier alpha value is -1.10. The molecule has 0 saturated carbocycles. The van der Waals surface area contributed by atoms with Gasteiger partial charge in [-0.05, 0) is 19.8 Å². The van der Waals surface area contributed by atoms with E-state index in [4.69, 9.17) is 15.6 Å². The van der Waals surface area contributed by atoms with Crippen LogP contribution in [-0.2, 0) is 14.3 Å². The predicted octanol–water partition coefficient (Wildman–Crippen LogP) is 1.55. The molecule has 0 aliphatic rings. The maximum atomic E-state index is 11.8. The van der Waals surface area contributed by atoms with Crippen LogP contribution in [0.2, 0.25) is 0 Å². The van der Waals surface area contributed by atoms with E-state index in [0.29, 0.717) is 0 Å². The minimum absolute atomic E-state index is 0.145. The van der Waals surface area contributed by atoms with Gasteiger partial charge in [-0.3, -0.25) is 9.59 Å². The lowest BCUT2D eigenvalue weighted by Gasteiger charge is -2.20. The molecule has 2 atom stereocenters. The minimum atomic E-state index is -1.16. The molecule has 5 nitrogen and oxygen atoms in total. The van der Waals surface area contributed by atoms with E-state index in [1.165, 1.54) is 6.92 Å². The Morgan fingerprint density at radius 2 is 1.71 bits per heavy atom. The van der Waals surface area contributed by atoms with Crippen molar-refractivity contribution >= 4 is 11.9 Å². The van der Waals surface area contributed by atoms with Gasteiger partial charge in [-0.1, -0.05) is 26.7 Å². The van der Waals surface area contributed by atoms with Crippen LogP contribution in [0.4, 0.5) is 0 Å². The van der Waals surface area contributed by atoms with Gasteiger partial charge < -0.3 is 15.6 Å². The molecule has 0 spiro atoms. The van der Waals surface area contributed by atoms with Crippen molar-refractivity contribution in [3.05, 3.63) is 0 Å². The first-order valence-corrected chi connectivity index (χ1v) is 6.12. The SMILES string of the molecule is CCCC(CCC)C(=O)OC(C)C(N)C(=O)O. The highest BCUT2D eigenvalue weighted by atomic mass is 16.5. The Labute approximate surface area is 102 Å². The molecule has 0 aromatic carbocycles. The quantitative estimate of drug-likeness (QED) is 0.633. The first-order valence-electron chi connectivity index (χ1n) is 6.12. The van der Waals surface area contributed by atoms with Crippen LogP contribution in [0.15, 0.2) is 0 Å². The van der Waals surface area contributed by atoms with Crippen LogP contribution < -0.4 is 5.73 Å². The van der Waals surface area contributed by atoms with Crippen molar-refractivity contribution < 1.29 is 19.4 Å². The van der Waals surface area contributed by atoms with E-state index in [2.05, 4.69) is 0 Å². The Kier molecular flexibility index (Phi) is 7.54. The van der Waals surface area contributed by atoms with E-state index in [9.17, 15) is 9.59 Å². The van der Waals surface area contributed by atoms with Crippen molar-refractivity contribution in [3.8, 4) is 0 Å². The first kappa shape index (κ1) is 15.9. The zero-order valence-corrected chi connectivity index (χ0v) is 10.8. The number of rotatable bonds is 8. The maximum Gasteiger partial charge on any atom is 0.324 e. The number of carboxylic acids is 1. The molecule has 0 saturated heterocycles. The van der Waals surface area contributed by atoms with E-state index >= 15 is 0 Å². The zero-order chi connectivity index (χ0) is 13.4. The Balaban J connectivity index is 4.33. The molecular formula is C12H23NO4. The third kappa shape index (κ3) is 5.68. The van der Waals surface area contributed by atoms with Crippen LogP contribution in [0, 0.1) is 5.92 Å². The summed E-state index contributed by atoms with van der Waals surface area (Å²) in [5.74, 6) is -1.64. The Morgan fingerprint density at radius 3 is 2.06 bits per heavy atom. The van der Waals surface area contributed by atoms with Gasteiger partial charge in [-0.15, -0.1) is 0 Å².